The molecule has 0 spiro atoms. The van der Waals surface area contributed by atoms with E-state index in [1.165, 1.54) is 6.20 Å². The first-order valence-electron chi connectivity index (χ1n) is 8.56. The molecule has 1 fully saturated rings. The van der Waals surface area contributed by atoms with Crippen LogP contribution >= 0.6 is 0 Å². The van der Waals surface area contributed by atoms with E-state index < -0.39 is 0 Å². The van der Waals surface area contributed by atoms with Gasteiger partial charge in [0.1, 0.15) is 11.7 Å². The minimum Gasteiger partial charge on any atom is -0.473 e. The van der Waals surface area contributed by atoms with Crippen molar-refractivity contribution in [1.82, 2.24) is 20.1 Å². The van der Waals surface area contributed by atoms with Crippen molar-refractivity contribution in [1.29, 1.82) is 0 Å². The van der Waals surface area contributed by atoms with Crippen molar-refractivity contribution < 1.29 is 9.53 Å². The Bertz CT molecular complexity index is 988. The average Bonchev–Trinajstić information content (AvgIpc) is 2.69. The van der Waals surface area contributed by atoms with Crippen LogP contribution in [0.25, 0.3) is 10.8 Å². The highest BCUT2D eigenvalue weighted by Crippen LogP contribution is 2.25. The molecular weight excluding hydrogens is 332 g/mol. The van der Waals surface area contributed by atoms with Crippen molar-refractivity contribution in [3.8, 4) is 5.88 Å². The number of H-pyrrole nitrogens is 1. The molecule has 1 saturated heterocycles. The second kappa shape index (κ2) is 6.95. The lowest BCUT2D eigenvalue weighted by Crippen LogP contribution is -2.43. The number of aromatic nitrogens is 3. The van der Waals surface area contributed by atoms with Crippen LogP contribution in [-0.4, -0.2) is 45.2 Å². The molecule has 1 aliphatic heterocycles. The molecule has 7 heteroatoms. The van der Waals surface area contributed by atoms with Gasteiger partial charge in [0.2, 0.25) is 5.88 Å². The lowest BCUT2D eigenvalue weighted by Gasteiger charge is -2.31. The maximum Gasteiger partial charge on any atom is 0.260 e. The Morgan fingerprint density at radius 3 is 2.77 bits per heavy atom. The molecule has 2 aromatic heterocycles. The zero-order valence-electron chi connectivity index (χ0n) is 14.1. The highest BCUT2D eigenvalue weighted by molar-refractivity contribution is 5.93. The van der Waals surface area contributed by atoms with Gasteiger partial charge in [-0.15, -0.1) is 5.10 Å². The van der Waals surface area contributed by atoms with E-state index in [2.05, 4.69) is 15.2 Å². The monoisotopic (exact) mass is 350 g/mol. The molecule has 1 amide bonds. The molecule has 7 nitrogen and oxygen atoms in total. The van der Waals surface area contributed by atoms with Crippen LogP contribution in [0.15, 0.2) is 53.6 Å². The number of piperidine rings is 1. The minimum absolute atomic E-state index is 0.0341. The summed E-state index contributed by atoms with van der Waals surface area (Å²) in [6.45, 7) is 1.08. The fourth-order valence-electron chi connectivity index (χ4n) is 3.18. The highest BCUT2D eigenvalue weighted by atomic mass is 16.5. The van der Waals surface area contributed by atoms with Crippen LogP contribution in [-0.2, 0) is 0 Å². The number of nitrogens with zero attached hydrogens (tertiary/aromatic N) is 3. The van der Waals surface area contributed by atoms with E-state index >= 15 is 0 Å². The standard InChI is InChI=1S/C19H18N4O3/c24-17-16(6-3-9-20-17)19(25)23-10-7-14(8-11-23)26-18-15-5-2-1-4-13(15)12-21-22-18/h1-6,9,12,14H,7-8,10-11H2,(H,20,24). The molecule has 0 unspecified atom stereocenters. The second-order valence-electron chi connectivity index (χ2n) is 6.26. The smallest absolute Gasteiger partial charge is 0.260 e. The first-order valence-corrected chi connectivity index (χ1v) is 8.56. The molecule has 0 bridgehead atoms. The highest BCUT2D eigenvalue weighted by Gasteiger charge is 2.26. The summed E-state index contributed by atoms with van der Waals surface area (Å²) in [7, 11) is 0. The topological polar surface area (TPSA) is 88.2 Å². The number of carbonyl (C=O) groups excluding carboxylic acids is 1. The zero-order valence-corrected chi connectivity index (χ0v) is 14.1. The summed E-state index contributed by atoms with van der Waals surface area (Å²) < 4.78 is 6.05. The number of carbonyl (C=O) groups is 1. The minimum atomic E-state index is -0.359. The first kappa shape index (κ1) is 16.3. The van der Waals surface area contributed by atoms with Crippen LogP contribution < -0.4 is 10.3 Å². The Kier molecular flexibility index (Phi) is 4.35. The molecule has 1 N–H and O–H groups in total. The summed E-state index contributed by atoms with van der Waals surface area (Å²) in [5.74, 6) is 0.280. The molecule has 0 saturated carbocycles. The van der Waals surface area contributed by atoms with Crippen molar-refractivity contribution >= 4 is 16.7 Å². The van der Waals surface area contributed by atoms with Crippen molar-refractivity contribution in [2.24, 2.45) is 0 Å². The Balaban J connectivity index is 1.43. The molecule has 0 atom stereocenters. The van der Waals surface area contributed by atoms with E-state index in [-0.39, 0.29) is 23.1 Å². The third kappa shape index (κ3) is 3.15. The Hall–Kier alpha value is -3.22. The van der Waals surface area contributed by atoms with Crippen LogP contribution in [0.1, 0.15) is 23.2 Å². The number of benzene rings is 1. The summed E-state index contributed by atoms with van der Waals surface area (Å²) in [4.78, 5) is 28.5. The van der Waals surface area contributed by atoms with E-state index in [4.69, 9.17) is 4.74 Å². The summed E-state index contributed by atoms with van der Waals surface area (Å²) in [5.41, 5.74) is -0.186. The summed E-state index contributed by atoms with van der Waals surface area (Å²) in [6.07, 6.45) is 4.56. The number of rotatable bonds is 3. The molecule has 1 aromatic carbocycles. The number of nitrogens with one attached hydrogen (secondary N) is 1. The fourth-order valence-corrected chi connectivity index (χ4v) is 3.18. The number of hydrogen-bond acceptors (Lipinski definition) is 5. The third-order valence-corrected chi connectivity index (χ3v) is 4.59. The lowest BCUT2D eigenvalue weighted by molar-refractivity contribution is 0.0587. The number of likely N-dealkylation sites (tertiary alicyclic amines) is 1. The predicted molar refractivity (Wildman–Crippen MR) is 96.2 cm³/mol. The van der Waals surface area contributed by atoms with Gasteiger partial charge in [0.05, 0.1) is 6.20 Å². The van der Waals surface area contributed by atoms with Crippen molar-refractivity contribution in [3.63, 3.8) is 0 Å². The summed E-state index contributed by atoms with van der Waals surface area (Å²) in [5, 5.41) is 10.0. The number of hydrogen-bond donors (Lipinski definition) is 1. The van der Waals surface area contributed by atoms with Gasteiger partial charge in [0, 0.05) is 42.9 Å². The van der Waals surface area contributed by atoms with Crippen LogP contribution in [0.4, 0.5) is 0 Å². The van der Waals surface area contributed by atoms with Gasteiger partial charge in [-0.2, -0.15) is 5.10 Å². The molecular formula is C19H18N4O3. The van der Waals surface area contributed by atoms with Crippen molar-refractivity contribution in [2.75, 3.05) is 13.1 Å². The predicted octanol–water partition coefficient (Wildman–Crippen LogP) is 2.00. The van der Waals surface area contributed by atoms with Gasteiger partial charge in [0.15, 0.2) is 0 Å². The molecule has 1 aliphatic rings. The number of aromatic amines is 1. The summed E-state index contributed by atoms with van der Waals surface area (Å²) in [6, 6.07) is 11.0. The SMILES string of the molecule is O=C(c1ccc[nH]c1=O)N1CCC(Oc2nncc3ccccc23)CC1. The van der Waals surface area contributed by atoms with Gasteiger partial charge < -0.3 is 14.6 Å². The lowest BCUT2D eigenvalue weighted by atomic mass is 10.1. The largest absolute Gasteiger partial charge is 0.473 e. The van der Waals surface area contributed by atoms with Gasteiger partial charge in [-0.3, -0.25) is 9.59 Å². The van der Waals surface area contributed by atoms with Crippen molar-refractivity contribution in [3.05, 3.63) is 64.7 Å². The first-order chi connectivity index (χ1) is 12.7. The fraction of sp³-hybridized carbons (Fsp3) is 0.263. The van der Waals surface area contributed by atoms with E-state index in [0.29, 0.717) is 31.8 Å². The molecule has 26 heavy (non-hydrogen) atoms. The van der Waals surface area contributed by atoms with E-state index in [0.717, 1.165) is 10.8 Å². The molecule has 3 aromatic rings. The molecule has 3 heterocycles. The van der Waals surface area contributed by atoms with E-state index in [9.17, 15) is 9.59 Å². The van der Waals surface area contributed by atoms with Gasteiger partial charge in [0.25, 0.3) is 11.5 Å². The quantitative estimate of drug-likeness (QED) is 0.780. The van der Waals surface area contributed by atoms with Gasteiger partial charge in [-0.25, -0.2) is 0 Å². The van der Waals surface area contributed by atoms with Crippen molar-refractivity contribution in [2.45, 2.75) is 18.9 Å². The van der Waals surface area contributed by atoms with Crippen LogP contribution in [0.3, 0.4) is 0 Å². The third-order valence-electron chi connectivity index (χ3n) is 4.59. The average molecular weight is 350 g/mol. The molecule has 4 rings (SSSR count). The molecule has 0 aliphatic carbocycles. The molecule has 132 valence electrons. The number of amides is 1. The van der Waals surface area contributed by atoms with E-state index in [1.807, 2.05) is 24.3 Å². The zero-order chi connectivity index (χ0) is 17.9. The molecule has 0 radical (unpaired) electrons. The number of ether oxygens (including phenoxy) is 1. The maximum absolute atomic E-state index is 12.5. The summed E-state index contributed by atoms with van der Waals surface area (Å²) >= 11 is 0. The number of fused-ring (bicyclic) bond motifs is 1. The van der Waals surface area contributed by atoms with E-state index in [1.54, 1.807) is 23.2 Å². The van der Waals surface area contributed by atoms with Crippen LogP contribution in [0.5, 0.6) is 5.88 Å². The Morgan fingerprint density at radius 1 is 1.15 bits per heavy atom. The maximum atomic E-state index is 12.5. The number of pyridine rings is 1. The Morgan fingerprint density at radius 2 is 1.96 bits per heavy atom. The van der Waals surface area contributed by atoms with Gasteiger partial charge in [-0.05, 0) is 18.2 Å². The Labute approximate surface area is 149 Å². The van der Waals surface area contributed by atoms with Gasteiger partial charge >= 0.3 is 0 Å². The second-order valence-corrected chi connectivity index (χ2v) is 6.26. The van der Waals surface area contributed by atoms with Gasteiger partial charge in [-0.1, -0.05) is 18.2 Å². The van der Waals surface area contributed by atoms with Crippen LogP contribution in [0, 0.1) is 0 Å². The normalized spacial score (nSPS) is 15.2. The van der Waals surface area contributed by atoms with Crippen LogP contribution in [0.2, 0.25) is 0 Å².